The van der Waals surface area contributed by atoms with E-state index in [1.54, 1.807) is 12.1 Å². The van der Waals surface area contributed by atoms with Crippen molar-refractivity contribution in [3.63, 3.8) is 0 Å². The zero-order valence-electron chi connectivity index (χ0n) is 18.8. The third-order valence-corrected chi connectivity index (χ3v) is 5.21. The van der Waals surface area contributed by atoms with Crippen molar-refractivity contribution in [3.8, 4) is 23.5 Å². The van der Waals surface area contributed by atoms with Gasteiger partial charge in [-0.3, -0.25) is 4.79 Å². The second-order valence-electron chi connectivity index (χ2n) is 9.01. The molecule has 0 aliphatic carbocycles. The van der Waals surface area contributed by atoms with E-state index in [1.807, 2.05) is 6.92 Å². The first-order valence-electron chi connectivity index (χ1n) is 10.6. The third-order valence-electron chi connectivity index (χ3n) is 5.21. The fourth-order valence-corrected chi connectivity index (χ4v) is 4.08. The summed E-state index contributed by atoms with van der Waals surface area (Å²) in [5.41, 5.74) is 3.66. The lowest BCUT2D eigenvalue weighted by atomic mass is 9.73. The maximum atomic E-state index is 11.6. The van der Waals surface area contributed by atoms with Crippen molar-refractivity contribution in [2.24, 2.45) is 0 Å². The van der Waals surface area contributed by atoms with Gasteiger partial charge in [-0.2, -0.15) is 0 Å². The van der Waals surface area contributed by atoms with Crippen LogP contribution < -0.4 is 9.47 Å². The lowest BCUT2D eigenvalue weighted by molar-refractivity contribution is -0.134. The van der Waals surface area contributed by atoms with Crippen LogP contribution in [0.15, 0.2) is 24.3 Å². The summed E-state index contributed by atoms with van der Waals surface area (Å²) in [6.45, 7) is 12.8. The predicted octanol–water partition coefficient (Wildman–Crippen LogP) is 4.98. The summed E-state index contributed by atoms with van der Waals surface area (Å²) in [6, 6.07) is 7.63. The normalized spacial score (nSPS) is 15.9. The van der Waals surface area contributed by atoms with E-state index in [-0.39, 0.29) is 22.9 Å². The molecule has 0 fully saturated rings. The Morgan fingerprint density at radius 3 is 2.53 bits per heavy atom. The summed E-state index contributed by atoms with van der Waals surface area (Å²) in [7, 11) is 0. The molecule has 158 valence electrons. The van der Waals surface area contributed by atoms with Crippen LogP contribution in [0, 0.1) is 11.8 Å². The highest BCUT2D eigenvalue weighted by Gasteiger charge is 2.39. The van der Waals surface area contributed by atoms with E-state index in [1.165, 1.54) is 5.56 Å². The summed E-state index contributed by atoms with van der Waals surface area (Å²) in [4.78, 5) is 11.6. The van der Waals surface area contributed by atoms with Crippen LogP contribution in [-0.4, -0.2) is 21.8 Å². The Balaban J connectivity index is 1.88. The molecule has 0 atom stereocenters. The van der Waals surface area contributed by atoms with Gasteiger partial charge in [-0.05, 0) is 68.2 Å². The summed E-state index contributed by atoms with van der Waals surface area (Å²) < 4.78 is 11.4. The number of esters is 1. The highest BCUT2D eigenvalue weighted by atomic mass is 16.5. The van der Waals surface area contributed by atoms with Gasteiger partial charge in [-0.15, -0.1) is 10.2 Å². The fourth-order valence-electron chi connectivity index (χ4n) is 4.08. The molecule has 5 heteroatoms. The van der Waals surface area contributed by atoms with Gasteiger partial charge in [0.25, 0.3) is 0 Å². The quantitative estimate of drug-likeness (QED) is 0.529. The van der Waals surface area contributed by atoms with Gasteiger partial charge < -0.3 is 9.47 Å². The maximum absolute atomic E-state index is 11.6. The first-order valence-corrected chi connectivity index (χ1v) is 10.6. The molecule has 1 aromatic heterocycles. The van der Waals surface area contributed by atoms with Crippen LogP contribution in [0.1, 0.15) is 83.2 Å². The lowest BCUT2D eigenvalue weighted by Crippen LogP contribution is -2.41. The average molecular weight is 407 g/mol. The van der Waals surface area contributed by atoms with Crippen LogP contribution in [-0.2, 0) is 16.6 Å². The molecule has 2 heterocycles. The molecule has 1 aliphatic heterocycles. The predicted molar refractivity (Wildman–Crippen MR) is 117 cm³/mol. The summed E-state index contributed by atoms with van der Waals surface area (Å²) in [6.07, 6.45) is 2.89. The molecule has 0 saturated carbocycles. The Morgan fingerprint density at radius 2 is 1.90 bits per heavy atom. The number of aryl methyl sites for hydroxylation is 1. The summed E-state index contributed by atoms with van der Waals surface area (Å²) >= 11 is 0. The van der Waals surface area contributed by atoms with Crippen molar-refractivity contribution in [1.82, 2.24) is 10.2 Å². The van der Waals surface area contributed by atoms with Crippen molar-refractivity contribution >= 4 is 5.97 Å². The second kappa shape index (κ2) is 8.47. The maximum Gasteiger partial charge on any atom is 0.312 e. The van der Waals surface area contributed by atoms with Crippen LogP contribution >= 0.6 is 0 Å². The smallest absolute Gasteiger partial charge is 0.312 e. The summed E-state index contributed by atoms with van der Waals surface area (Å²) in [5.74, 6) is 7.19. The van der Waals surface area contributed by atoms with Gasteiger partial charge >= 0.3 is 5.97 Å². The van der Waals surface area contributed by atoms with Crippen LogP contribution in [0.5, 0.6) is 11.6 Å². The SMILES string of the molecule is CCCC(=O)Oc1ccc(C#Cc2cc3c(cc2CC)OC(C)(C)CC3(C)C)nn1. The molecule has 3 rings (SSSR count). The molecule has 1 aliphatic rings. The molecule has 1 aromatic carbocycles. The van der Waals surface area contributed by atoms with Gasteiger partial charge in [-0.25, -0.2) is 0 Å². The number of hydrogen-bond donors (Lipinski definition) is 0. The molecule has 30 heavy (non-hydrogen) atoms. The number of carbonyl (C=O) groups excluding carboxylic acids is 1. The zero-order chi connectivity index (χ0) is 21.9. The van der Waals surface area contributed by atoms with E-state index >= 15 is 0 Å². The molecule has 0 amide bonds. The number of benzene rings is 1. The molecule has 5 nitrogen and oxygen atoms in total. The minimum Gasteiger partial charge on any atom is -0.488 e. The van der Waals surface area contributed by atoms with Gasteiger partial charge in [-0.1, -0.05) is 33.6 Å². The average Bonchev–Trinajstić information content (AvgIpc) is 2.65. The number of rotatable bonds is 4. The highest BCUT2D eigenvalue weighted by Crippen LogP contribution is 2.45. The van der Waals surface area contributed by atoms with Crippen LogP contribution in [0.3, 0.4) is 0 Å². The number of ether oxygens (including phenoxy) is 2. The van der Waals surface area contributed by atoms with Gasteiger partial charge in [0, 0.05) is 23.6 Å². The Labute approximate surface area is 179 Å². The molecule has 0 unspecified atom stereocenters. The molecule has 2 aromatic rings. The van der Waals surface area contributed by atoms with Gasteiger partial charge in [0.05, 0.1) is 0 Å². The van der Waals surface area contributed by atoms with E-state index < -0.39 is 0 Å². The molecular weight excluding hydrogens is 376 g/mol. The largest absolute Gasteiger partial charge is 0.488 e. The fraction of sp³-hybridized carbons (Fsp3) is 0.480. The molecule has 0 radical (unpaired) electrons. The van der Waals surface area contributed by atoms with Gasteiger partial charge in [0.15, 0.2) is 0 Å². The number of fused-ring (bicyclic) bond motifs is 1. The first kappa shape index (κ1) is 21.8. The van der Waals surface area contributed by atoms with Crippen molar-refractivity contribution in [2.45, 2.75) is 78.2 Å². The number of hydrogen-bond acceptors (Lipinski definition) is 5. The van der Waals surface area contributed by atoms with Gasteiger partial charge in [0.1, 0.15) is 17.0 Å². The lowest BCUT2D eigenvalue weighted by Gasteiger charge is -2.42. The monoisotopic (exact) mass is 406 g/mol. The minimum atomic E-state index is -0.305. The van der Waals surface area contributed by atoms with E-state index in [0.29, 0.717) is 12.1 Å². The van der Waals surface area contributed by atoms with E-state index in [9.17, 15) is 4.79 Å². The van der Waals surface area contributed by atoms with Crippen molar-refractivity contribution < 1.29 is 14.3 Å². The Kier molecular flexibility index (Phi) is 6.17. The number of aromatic nitrogens is 2. The standard InChI is InChI=1S/C25H30N2O3/c1-7-9-23(28)29-22-13-12-19(26-27-22)11-10-18-14-20-21(15-17(18)8-2)30-25(5,6)16-24(20,3)4/h12-15H,7-9,16H2,1-6H3. The summed E-state index contributed by atoms with van der Waals surface area (Å²) in [5, 5.41) is 8.02. The van der Waals surface area contributed by atoms with E-state index in [2.05, 4.69) is 68.8 Å². The molecule has 0 saturated heterocycles. The number of nitrogens with zero attached hydrogens (tertiary/aromatic N) is 2. The third kappa shape index (κ3) is 4.99. The molecule has 0 bridgehead atoms. The van der Waals surface area contributed by atoms with Crippen molar-refractivity contribution in [2.75, 3.05) is 0 Å². The molecule has 0 spiro atoms. The van der Waals surface area contributed by atoms with E-state index in [4.69, 9.17) is 9.47 Å². The van der Waals surface area contributed by atoms with Crippen LogP contribution in [0.2, 0.25) is 0 Å². The van der Waals surface area contributed by atoms with Crippen LogP contribution in [0.25, 0.3) is 0 Å². The van der Waals surface area contributed by atoms with Crippen molar-refractivity contribution in [1.29, 1.82) is 0 Å². The van der Waals surface area contributed by atoms with E-state index in [0.717, 1.165) is 36.1 Å². The van der Waals surface area contributed by atoms with Crippen LogP contribution in [0.4, 0.5) is 0 Å². The Bertz CT molecular complexity index is 996. The zero-order valence-corrected chi connectivity index (χ0v) is 18.8. The van der Waals surface area contributed by atoms with Crippen molar-refractivity contribution in [3.05, 3.63) is 46.6 Å². The highest BCUT2D eigenvalue weighted by molar-refractivity contribution is 5.71. The number of carbonyl (C=O) groups is 1. The Morgan fingerprint density at radius 1 is 1.13 bits per heavy atom. The molecular formula is C25H30N2O3. The topological polar surface area (TPSA) is 61.3 Å². The second-order valence-corrected chi connectivity index (χ2v) is 9.01. The first-order chi connectivity index (χ1) is 14.1. The Hall–Kier alpha value is -2.87. The molecule has 0 N–H and O–H groups in total. The minimum absolute atomic E-state index is 0.00358. The van der Waals surface area contributed by atoms with Gasteiger partial charge in [0.2, 0.25) is 5.88 Å².